The van der Waals surface area contributed by atoms with E-state index in [1.165, 1.54) is 33.7 Å². The maximum absolute atomic E-state index is 14.2. The second-order valence-corrected chi connectivity index (χ2v) is 6.25. The topological polar surface area (TPSA) is 83.4 Å². The Hall–Kier alpha value is -3.81. The number of H-pyrrole nitrogens is 1. The van der Waals surface area contributed by atoms with Crippen LogP contribution < -0.4 is 10.5 Å². The zero-order chi connectivity index (χ0) is 19.7. The van der Waals surface area contributed by atoms with E-state index in [-0.39, 0.29) is 23.4 Å². The van der Waals surface area contributed by atoms with E-state index < -0.39 is 11.7 Å². The van der Waals surface area contributed by atoms with E-state index in [1.807, 2.05) is 6.07 Å². The molecule has 2 aromatic carbocycles. The van der Waals surface area contributed by atoms with Gasteiger partial charge in [-0.1, -0.05) is 30.3 Å². The second-order valence-electron chi connectivity index (χ2n) is 6.25. The van der Waals surface area contributed by atoms with E-state index in [1.54, 1.807) is 37.3 Å². The van der Waals surface area contributed by atoms with Crippen molar-refractivity contribution in [2.45, 2.75) is 13.5 Å². The molecule has 8 heteroatoms. The van der Waals surface area contributed by atoms with Gasteiger partial charge in [-0.25, -0.2) is 9.37 Å². The minimum atomic E-state index is -0.605. The fraction of sp³-hybridized carbons (Fsp3) is 0.100. The van der Waals surface area contributed by atoms with Gasteiger partial charge in [0.2, 0.25) is 0 Å². The van der Waals surface area contributed by atoms with Crippen molar-refractivity contribution in [2.75, 3.05) is 4.90 Å². The molecule has 4 rings (SSSR count). The maximum atomic E-state index is 14.2. The van der Waals surface area contributed by atoms with Gasteiger partial charge in [-0.05, 0) is 31.2 Å². The number of fused-ring (bicyclic) bond motifs is 1. The van der Waals surface area contributed by atoms with Crippen molar-refractivity contribution in [3.8, 4) is 0 Å². The first-order valence-electron chi connectivity index (χ1n) is 8.59. The molecule has 0 saturated heterocycles. The lowest BCUT2D eigenvalue weighted by molar-refractivity contribution is 0.0980. The summed E-state index contributed by atoms with van der Waals surface area (Å²) in [6.45, 7) is 1.72. The first kappa shape index (κ1) is 17.6. The summed E-state index contributed by atoms with van der Waals surface area (Å²) in [5.41, 5.74) is 0.777. The second kappa shape index (κ2) is 7.07. The number of anilines is 1. The molecule has 0 unspecified atom stereocenters. The highest BCUT2D eigenvalue weighted by atomic mass is 19.1. The molecule has 0 radical (unpaired) electrons. The van der Waals surface area contributed by atoms with E-state index in [0.29, 0.717) is 17.2 Å². The Bertz CT molecular complexity index is 1220. The van der Waals surface area contributed by atoms with Crippen LogP contribution >= 0.6 is 0 Å². The molecular formula is C20H16FN5O2. The average Bonchev–Trinajstić information content (AvgIpc) is 3.09. The summed E-state index contributed by atoms with van der Waals surface area (Å²) in [6, 6.07) is 16.1. The number of benzene rings is 2. The Morgan fingerprint density at radius 1 is 1.11 bits per heavy atom. The van der Waals surface area contributed by atoms with Gasteiger partial charge < -0.3 is 4.90 Å². The molecule has 0 spiro atoms. The van der Waals surface area contributed by atoms with Crippen LogP contribution in [-0.4, -0.2) is 25.5 Å². The lowest BCUT2D eigenvalue weighted by atomic mass is 10.1. The van der Waals surface area contributed by atoms with Crippen LogP contribution in [0.4, 0.5) is 10.1 Å². The zero-order valence-electron chi connectivity index (χ0n) is 15.0. The van der Waals surface area contributed by atoms with E-state index >= 15 is 0 Å². The average molecular weight is 377 g/mol. The number of aromatic nitrogens is 4. The van der Waals surface area contributed by atoms with Gasteiger partial charge in [0, 0.05) is 17.4 Å². The van der Waals surface area contributed by atoms with Gasteiger partial charge in [0.15, 0.2) is 0 Å². The third kappa shape index (κ3) is 3.27. The monoisotopic (exact) mass is 377 g/mol. The van der Waals surface area contributed by atoms with Crippen molar-refractivity contribution in [3.63, 3.8) is 0 Å². The van der Waals surface area contributed by atoms with E-state index in [4.69, 9.17) is 0 Å². The predicted octanol–water partition coefficient (Wildman–Crippen LogP) is 2.71. The summed E-state index contributed by atoms with van der Waals surface area (Å²) in [4.78, 5) is 35.1. The number of para-hydroxylation sites is 1. The molecule has 0 fully saturated rings. The van der Waals surface area contributed by atoms with Gasteiger partial charge in [-0.15, -0.1) is 0 Å². The highest BCUT2D eigenvalue weighted by molar-refractivity contribution is 6.06. The molecule has 7 nitrogen and oxygen atoms in total. The van der Waals surface area contributed by atoms with Gasteiger partial charge in [0.1, 0.15) is 11.6 Å². The maximum Gasteiger partial charge on any atom is 0.274 e. The molecule has 4 aromatic rings. The highest BCUT2D eigenvalue weighted by Gasteiger charge is 2.22. The number of carbonyl (C=O) groups excluding carboxylic acids is 1. The normalized spacial score (nSPS) is 10.9. The molecular weight excluding hydrogens is 361 g/mol. The number of aromatic amines is 1. The van der Waals surface area contributed by atoms with Crippen molar-refractivity contribution in [1.29, 1.82) is 0 Å². The van der Waals surface area contributed by atoms with Crippen LogP contribution in [0.5, 0.6) is 0 Å². The third-order valence-electron chi connectivity index (χ3n) is 4.23. The number of halogens is 1. The molecule has 0 atom stereocenters. The minimum Gasteiger partial charge on any atom is -0.301 e. The molecule has 1 N–H and O–H groups in total. The predicted molar refractivity (Wildman–Crippen MR) is 102 cm³/mol. The fourth-order valence-corrected chi connectivity index (χ4v) is 2.93. The summed E-state index contributed by atoms with van der Waals surface area (Å²) < 4.78 is 15.4. The molecule has 0 aliphatic heterocycles. The first-order valence-corrected chi connectivity index (χ1v) is 8.59. The van der Waals surface area contributed by atoms with Gasteiger partial charge in [0.25, 0.3) is 17.2 Å². The van der Waals surface area contributed by atoms with Crippen molar-refractivity contribution in [3.05, 3.63) is 93.9 Å². The van der Waals surface area contributed by atoms with Crippen LogP contribution in [0.1, 0.15) is 21.9 Å². The van der Waals surface area contributed by atoms with Crippen LogP contribution in [0.2, 0.25) is 0 Å². The zero-order valence-corrected chi connectivity index (χ0v) is 15.0. The van der Waals surface area contributed by atoms with Crippen LogP contribution in [0.25, 0.3) is 5.78 Å². The number of hydrogen-bond donors (Lipinski definition) is 1. The van der Waals surface area contributed by atoms with E-state index in [9.17, 15) is 14.0 Å². The highest BCUT2D eigenvalue weighted by Crippen LogP contribution is 2.20. The van der Waals surface area contributed by atoms with Crippen molar-refractivity contribution < 1.29 is 9.18 Å². The van der Waals surface area contributed by atoms with Crippen LogP contribution in [0.3, 0.4) is 0 Å². The summed E-state index contributed by atoms with van der Waals surface area (Å²) in [5.74, 6) is -0.553. The van der Waals surface area contributed by atoms with E-state index in [0.717, 1.165) is 0 Å². The van der Waals surface area contributed by atoms with Gasteiger partial charge >= 0.3 is 0 Å². The SMILES string of the molecule is Cc1cc(=O)n2[nH]c(CN(C(=O)c3ccccc3F)c3ccccc3)nc2n1. The molecule has 1 amide bonds. The fourth-order valence-electron chi connectivity index (χ4n) is 2.93. The largest absolute Gasteiger partial charge is 0.301 e. The minimum absolute atomic E-state index is 0.0129. The molecule has 2 aromatic heterocycles. The summed E-state index contributed by atoms with van der Waals surface area (Å²) in [6.07, 6.45) is 0. The van der Waals surface area contributed by atoms with Crippen molar-refractivity contribution in [2.24, 2.45) is 0 Å². The standard InChI is InChI=1S/C20H16FN5O2/c1-13-11-18(27)26-20(22-13)23-17(24-26)12-25(14-7-3-2-4-8-14)19(28)15-9-5-6-10-16(15)21/h2-11H,12H2,1H3,(H,22,23,24). The molecule has 0 aliphatic rings. The number of nitrogens with one attached hydrogen (secondary N) is 1. The molecule has 140 valence electrons. The van der Waals surface area contributed by atoms with Gasteiger partial charge in [0.05, 0.1) is 12.1 Å². The summed E-state index contributed by atoms with van der Waals surface area (Å²) in [5, 5.41) is 2.86. The number of hydrogen-bond acceptors (Lipinski definition) is 4. The van der Waals surface area contributed by atoms with Crippen molar-refractivity contribution in [1.82, 2.24) is 19.6 Å². The Labute approximate surface area is 159 Å². The van der Waals surface area contributed by atoms with E-state index in [2.05, 4.69) is 15.1 Å². The molecule has 0 aliphatic carbocycles. The number of carbonyl (C=O) groups is 1. The number of amides is 1. The number of rotatable bonds is 4. The van der Waals surface area contributed by atoms with Crippen LogP contribution in [-0.2, 0) is 6.54 Å². The summed E-state index contributed by atoms with van der Waals surface area (Å²) >= 11 is 0. The quantitative estimate of drug-likeness (QED) is 0.593. The Morgan fingerprint density at radius 2 is 1.82 bits per heavy atom. The third-order valence-corrected chi connectivity index (χ3v) is 4.23. The number of nitrogens with zero attached hydrogens (tertiary/aromatic N) is 4. The Morgan fingerprint density at radius 3 is 2.57 bits per heavy atom. The Kier molecular flexibility index (Phi) is 4.44. The summed E-state index contributed by atoms with van der Waals surface area (Å²) in [7, 11) is 0. The van der Waals surface area contributed by atoms with Crippen LogP contribution in [0.15, 0.2) is 65.5 Å². The van der Waals surface area contributed by atoms with Crippen molar-refractivity contribution >= 4 is 17.4 Å². The van der Waals surface area contributed by atoms with Gasteiger partial charge in [-0.3, -0.25) is 14.7 Å². The number of aryl methyl sites for hydroxylation is 1. The Balaban J connectivity index is 1.77. The molecule has 28 heavy (non-hydrogen) atoms. The van der Waals surface area contributed by atoms with Gasteiger partial charge in [-0.2, -0.15) is 9.50 Å². The first-order chi connectivity index (χ1) is 13.5. The lowest BCUT2D eigenvalue weighted by Crippen LogP contribution is -2.31. The van der Waals surface area contributed by atoms with Crippen LogP contribution in [0, 0.1) is 12.7 Å². The lowest BCUT2D eigenvalue weighted by Gasteiger charge is -2.22. The molecule has 0 bridgehead atoms. The molecule has 2 heterocycles. The molecule has 0 saturated carbocycles. The smallest absolute Gasteiger partial charge is 0.274 e.